The zero-order chi connectivity index (χ0) is 17.2. The molecule has 2 aromatic heterocycles. The molecule has 3 aliphatic rings. The fourth-order valence-electron chi connectivity index (χ4n) is 5.33. The van der Waals surface area contributed by atoms with E-state index < -0.39 is 5.60 Å². The van der Waals surface area contributed by atoms with E-state index in [1.807, 2.05) is 28.6 Å². The molecule has 3 heterocycles. The van der Waals surface area contributed by atoms with E-state index in [1.54, 1.807) is 0 Å². The second-order valence-corrected chi connectivity index (χ2v) is 8.90. The van der Waals surface area contributed by atoms with E-state index in [0.29, 0.717) is 24.2 Å². The lowest BCUT2D eigenvalue weighted by molar-refractivity contribution is -0.161. The lowest BCUT2D eigenvalue weighted by Crippen LogP contribution is -2.61. The molecule has 132 valence electrons. The Morgan fingerprint density at radius 1 is 1.28 bits per heavy atom. The number of fused-ring (bicyclic) bond motifs is 1. The fraction of sp³-hybridized carbons (Fsp3) is 0.600. The maximum Gasteiger partial charge on any atom is 0.225 e. The van der Waals surface area contributed by atoms with Crippen LogP contribution in [-0.4, -0.2) is 44.2 Å². The Kier molecular flexibility index (Phi) is 3.12. The molecule has 5 rings (SSSR count). The summed E-state index contributed by atoms with van der Waals surface area (Å²) in [7, 11) is 0. The normalized spacial score (nSPS) is 33.4. The largest absolute Gasteiger partial charge is 0.390 e. The molecule has 1 aliphatic heterocycles. The van der Waals surface area contributed by atoms with Crippen LogP contribution in [0.25, 0.3) is 5.52 Å². The van der Waals surface area contributed by atoms with Gasteiger partial charge in [-0.3, -0.25) is 4.79 Å². The zero-order valence-corrected chi connectivity index (χ0v) is 14.7. The van der Waals surface area contributed by atoms with Gasteiger partial charge in [0.05, 0.1) is 11.1 Å². The van der Waals surface area contributed by atoms with Crippen LogP contribution in [0.15, 0.2) is 30.6 Å². The third-order valence-electron chi connectivity index (χ3n) is 6.68. The summed E-state index contributed by atoms with van der Waals surface area (Å²) in [6, 6.07) is 6.50. The number of carbonyl (C=O) groups excluding carboxylic acids is 1. The standard InChI is InChI=1S/C20H25N3O2/c1-19(25)9-16(10-19)18(24)22-12-20(13-22)5-2-15(11-20)14-4-7-23-17(8-14)3-6-21-23/h3-4,6-8,15-16,25H,2,5,9-13H2,1H3. The summed E-state index contributed by atoms with van der Waals surface area (Å²) < 4.78 is 1.91. The third-order valence-corrected chi connectivity index (χ3v) is 6.68. The van der Waals surface area contributed by atoms with Crippen molar-refractivity contribution in [3.05, 3.63) is 36.2 Å². The van der Waals surface area contributed by atoms with Crippen molar-refractivity contribution < 1.29 is 9.90 Å². The Hall–Kier alpha value is -1.88. The number of hydrogen-bond donors (Lipinski definition) is 1. The van der Waals surface area contributed by atoms with Crippen molar-refractivity contribution in [2.24, 2.45) is 11.3 Å². The van der Waals surface area contributed by atoms with Gasteiger partial charge in [0, 0.05) is 36.8 Å². The van der Waals surface area contributed by atoms with E-state index in [9.17, 15) is 9.90 Å². The lowest BCUT2D eigenvalue weighted by atomic mass is 9.69. The number of aromatic nitrogens is 2. The van der Waals surface area contributed by atoms with E-state index in [0.717, 1.165) is 18.6 Å². The van der Waals surface area contributed by atoms with Gasteiger partial charge in [0.2, 0.25) is 5.91 Å². The third kappa shape index (κ3) is 2.48. The predicted molar refractivity (Wildman–Crippen MR) is 94.1 cm³/mol. The van der Waals surface area contributed by atoms with Crippen molar-refractivity contribution in [2.75, 3.05) is 13.1 Å². The summed E-state index contributed by atoms with van der Waals surface area (Å²) in [6.45, 7) is 3.65. The van der Waals surface area contributed by atoms with E-state index in [4.69, 9.17) is 0 Å². The van der Waals surface area contributed by atoms with Crippen LogP contribution in [0.3, 0.4) is 0 Å². The summed E-state index contributed by atoms with van der Waals surface area (Å²) in [5, 5.41) is 14.1. The first kappa shape index (κ1) is 15.4. The molecule has 0 aromatic carbocycles. The minimum Gasteiger partial charge on any atom is -0.390 e. The van der Waals surface area contributed by atoms with Gasteiger partial charge in [-0.15, -0.1) is 0 Å². The van der Waals surface area contributed by atoms with Crippen LogP contribution >= 0.6 is 0 Å². The highest BCUT2D eigenvalue weighted by atomic mass is 16.3. The highest BCUT2D eigenvalue weighted by Crippen LogP contribution is 2.52. The van der Waals surface area contributed by atoms with Crippen molar-refractivity contribution in [1.29, 1.82) is 0 Å². The monoisotopic (exact) mass is 339 g/mol. The van der Waals surface area contributed by atoms with Crippen molar-refractivity contribution in [2.45, 2.75) is 50.5 Å². The molecule has 1 amide bonds. The Morgan fingerprint density at radius 3 is 2.84 bits per heavy atom. The molecule has 1 spiro atoms. The molecule has 2 saturated carbocycles. The number of amides is 1. The van der Waals surface area contributed by atoms with Crippen LogP contribution < -0.4 is 0 Å². The summed E-state index contributed by atoms with van der Waals surface area (Å²) in [5.74, 6) is 0.914. The molecular formula is C20H25N3O2. The number of nitrogens with zero attached hydrogens (tertiary/aromatic N) is 3. The molecule has 25 heavy (non-hydrogen) atoms. The number of likely N-dealkylation sites (tertiary alicyclic amines) is 1. The SMILES string of the molecule is CC1(O)CC(C(=O)N2CC3(CCC(c4ccn5nccc5c4)C3)C2)C1. The maximum absolute atomic E-state index is 12.5. The average molecular weight is 339 g/mol. The van der Waals surface area contributed by atoms with Gasteiger partial charge >= 0.3 is 0 Å². The molecule has 3 fully saturated rings. The van der Waals surface area contributed by atoms with Crippen LogP contribution in [-0.2, 0) is 4.79 Å². The molecule has 1 unspecified atom stereocenters. The predicted octanol–water partition coefficient (Wildman–Crippen LogP) is 2.59. The van der Waals surface area contributed by atoms with Crippen molar-refractivity contribution >= 4 is 11.4 Å². The number of rotatable bonds is 2. The van der Waals surface area contributed by atoms with Crippen molar-refractivity contribution in [3.63, 3.8) is 0 Å². The second kappa shape index (κ2) is 5.07. The van der Waals surface area contributed by atoms with Gasteiger partial charge < -0.3 is 10.0 Å². The first-order valence-corrected chi connectivity index (χ1v) is 9.38. The van der Waals surface area contributed by atoms with Gasteiger partial charge in [-0.1, -0.05) is 0 Å². The molecular weight excluding hydrogens is 314 g/mol. The zero-order valence-electron chi connectivity index (χ0n) is 14.7. The van der Waals surface area contributed by atoms with Crippen molar-refractivity contribution in [1.82, 2.24) is 14.5 Å². The topological polar surface area (TPSA) is 57.8 Å². The Balaban J connectivity index is 1.22. The van der Waals surface area contributed by atoms with Gasteiger partial charge in [0.1, 0.15) is 0 Å². The van der Waals surface area contributed by atoms with Gasteiger partial charge in [0.15, 0.2) is 0 Å². The molecule has 1 atom stereocenters. The molecule has 5 nitrogen and oxygen atoms in total. The summed E-state index contributed by atoms with van der Waals surface area (Å²) in [6.07, 6.45) is 8.76. The summed E-state index contributed by atoms with van der Waals surface area (Å²) >= 11 is 0. The fourth-order valence-corrected chi connectivity index (χ4v) is 5.33. The van der Waals surface area contributed by atoms with Crippen LogP contribution in [0.1, 0.15) is 50.5 Å². The molecule has 1 N–H and O–H groups in total. The number of aliphatic hydroxyl groups is 1. The second-order valence-electron chi connectivity index (χ2n) is 8.90. The van der Waals surface area contributed by atoms with E-state index >= 15 is 0 Å². The van der Waals surface area contributed by atoms with Gasteiger partial charge in [-0.25, -0.2) is 4.52 Å². The summed E-state index contributed by atoms with van der Waals surface area (Å²) in [5.41, 5.74) is 2.28. The first-order valence-electron chi connectivity index (χ1n) is 9.38. The Morgan fingerprint density at radius 2 is 2.08 bits per heavy atom. The van der Waals surface area contributed by atoms with Gasteiger partial charge in [-0.2, -0.15) is 5.10 Å². The number of pyridine rings is 1. The van der Waals surface area contributed by atoms with Gasteiger partial charge in [-0.05, 0) is 68.7 Å². The minimum atomic E-state index is -0.617. The Bertz CT molecular complexity index is 826. The van der Waals surface area contributed by atoms with Crippen LogP contribution in [0.4, 0.5) is 0 Å². The number of carbonyl (C=O) groups is 1. The maximum atomic E-state index is 12.5. The van der Waals surface area contributed by atoms with Crippen LogP contribution in [0.5, 0.6) is 0 Å². The van der Waals surface area contributed by atoms with Gasteiger partial charge in [0.25, 0.3) is 0 Å². The van der Waals surface area contributed by atoms with E-state index in [1.165, 1.54) is 24.8 Å². The quantitative estimate of drug-likeness (QED) is 0.915. The smallest absolute Gasteiger partial charge is 0.225 e. The molecule has 2 aromatic rings. The van der Waals surface area contributed by atoms with E-state index in [2.05, 4.69) is 23.4 Å². The van der Waals surface area contributed by atoms with E-state index in [-0.39, 0.29) is 11.8 Å². The minimum absolute atomic E-state index is 0.0498. The lowest BCUT2D eigenvalue weighted by Gasteiger charge is -2.52. The highest BCUT2D eigenvalue weighted by molar-refractivity contribution is 5.81. The molecule has 1 saturated heterocycles. The summed E-state index contributed by atoms with van der Waals surface area (Å²) in [4.78, 5) is 14.5. The molecule has 5 heteroatoms. The molecule has 0 radical (unpaired) electrons. The number of hydrogen-bond acceptors (Lipinski definition) is 3. The van der Waals surface area contributed by atoms with Crippen LogP contribution in [0.2, 0.25) is 0 Å². The highest BCUT2D eigenvalue weighted by Gasteiger charge is 2.53. The molecule has 2 aliphatic carbocycles. The van der Waals surface area contributed by atoms with Crippen molar-refractivity contribution in [3.8, 4) is 0 Å². The Labute approximate surface area is 147 Å². The molecule has 0 bridgehead atoms. The first-order chi connectivity index (χ1) is 11.9. The average Bonchev–Trinajstić information content (AvgIpc) is 3.16. The van der Waals surface area contributed by atoms with Crippen LogP contribution in [0, 0.1) is 11.3 Å².